The fourth-order valence-corrected chi connectivity index (χ4v) is 4.92. The number of carbonyl (C=O) groups is 1. The van der Waals surface area contributed by atoms with E-state index in [1.807, 2.05) is 60.7 Å². The lowest BCUT2D eigenvalue weighted by molar-refractivity contribution is 0.0999. The molecule has 3 nitrogen and oxygen atoms in total. The highest BCUT2D eigenvalue weighted by atomic mass is 32.1. The van der Waals surface area contributed by atoms with Crippen LogP contribution in [0.3, 0.4) is 0 Å². The highest BCUT2D eigenvalue weighted by Crippen LogP contribution is 2.28. The molecule has 0 N–H and O–H groups in total. The first-order chi connectivity index (χ1) is 14.3. The number of nitrogens with zero attached hydrogens (tertiary/aromatic N) is 2. The number of fused-ring (bicyclic) bond motifs is 4. The summed E-state index contributed by atoms with van der Waals surface area (Å²) in [6, 6.07) is 26.2. The quantitative estimate of drug-likeness (QED) is 0.349. The first-order valence-electron chi connectivity index (χ1n) is 9.45. The van der Waals surface area contributed by atoms with Gasteiger partial charge >= 0.3 is 0 Å². The zero-order valence-corrected chi connectivity index (χ0v) is 16.5. The van der Waals surface area contributed by atoms with Crippen molar-refractivity contribution in [2.24, 2.45) is 4.99 Å². The first-order valence-corrected chi connectivity index (χ1v) is 10.3. The zero-order chi connectivity index (χ0) is 19.8. The molecule has 0 aliphatic heterocycles. The van der Waals surface area contributed by atoms with Crippen molar-refractivity contribution in [3.63, 3.8) is 0 Å². The summed E-state index contributed by atoms with van der Waals surface area (Å²) in [5.74, 6) is -0.226. The molecule has 1 amide bonds. The summed E-state index contributed by atoms with van der Waals surface area (Å²) < 4.78 is 3.19. The van der Waals surface area contributed by atoms with Crippen molar-refractivity contribution < 1.29 is 4.79 Å². The van der Waals surface area contributed by atoms with E-state index in [0.717, 1.165) is 21.0 Å². The molecule has 0 saturated carbocycles. The molecule has 4 aromatic carbocycles. The molecule has 0 spiro atoms. The summed E-state index contributed by atoms with van der Waals surface area (Å²) in [5, 5.41) is 4.31. The van der Waals surface area contributed by atoms with Gasteiger partial charge in [0.1, 0.15) is 0 Å². The molecule has 5 aromatic rings. The average molecular weight is 394 g/mol. The van der Waals surface area contributed by atoms with Crippen LogP contribution >= 0.6 is 11.3 Å². The average Bonchev–Trinajstić information content (AvgIpc) is 3.11. The highest BCUT2D eigenvalue weighted by Gasteiger charge is 2.12. The van der Waals surface area contributed by atoms with Crippen molar-refractivity contribution in [1.29, 1.82) is 0 Å². The van der Waals surface area contributed by atoms with Crippen LogP contribution in [-0.4, -0.2) is 10.5 Å². The molecule has 1 heterocycles. The van der Waals surface area contributed by atoms with E-state index < -0.39 is 0 Å². The lowest BCUT2D eigenvalue weighted by atomic mass is 10.0. The second-order valence-corrected chi connectivity index (χ2v) is 7.84. The van der Waals surface area contributed by atoms with E-state index in [9.17, 15) is 4.79 Å². The maximum absolute atomic E-state index is 13.1. The predicted octanol–water partition coefficient (Wildman–Crippen LogP) is 5.94. The van der Waals surface area contributed by atoms with E-state index in [-0.39, 0.29) is 5.91 Å². The number of allylic oxidation sites excluding steroid dienone is 1. The Morgan fingerprint density at radius 1 is 0.897 bits per heavy atom. The Kier molecular flexibility index (Phi) is 4.34. The number of hydrogen-bond acceptors (Lipinski definition) is 2. The zero-order valence-electron chi connectivity index (χ0n) is 15.7. The number of carbonyl (C=O) groups excluding carboxylic acids is 1. The van der Waals surface area contributed by atoms with Crippen LogP contribution in [0.1, 0.15) is 10.4 Å². The predicted molar refractivity (Wildman–Crippen MR) is 121 cm³/mol. The summed E-state index contributed by atoms with van der Waals surface area (Å²) in [7, 11) is 0. The minimum absolute atomic E-state index is 0.226. The molecule has 1 aromatic heterocycles. The molecule has 0 aliphatic rings. The van der Waals surface area contributed by atoms with Gasteiger partial charge < -0.3 is 4.57 Å². The molecule has 5 rings (SSSR count). The number of thiazole rings is 1. The Labute approximate surface area is 171 Å². The Morgan fingerprint density at radius 2 is 1.59 bits per heavy atom. The third-order valence-electron chi connectivity index (χ3n) is 5.10. The summed E-state index contributed by atoms with van der Waals surface area (Å²) in [5.41, 5.74) is 1.69. The molecule has 4 heteroatoms. The molecular formula is C25H18N2OS. The molecule has 0 saturated heterocycles. The van der Waals surface area contributed by atoms with Crippen LogP contribution in [0, 0.1) is 0 Å². The molecule has 29 heavy (non-hydrogen) atoms. The summed E-state index contributed by atoms with van der Waals surface area (Å²) >= 11 is 1.55. The van der Waals surface area contributed by atoms with Gasteiger partial charge in [-0.3, -0.25) is 4.79 Å². The molecule has 140 valence electrons. The van der Waals surface area contributed by atoms with E-state index >= 15 is 0 Å². The molecule has 0 aliphatic carbocycles. The molecular weight excluding hydrogens is 376 g/mol. The summed E-state index contributed by atoms with van der Waals surface area (Å²) in [6.45, 7) is 4.48. The lowest BCUT2D eigenvalue weighted by Gasteiger charge is -2.04. The van der Waals surface area contributed by atoms with Crippen LogP contribution in [0.5, 0.6) is 0 Å². The fourth-order valence-electron chi connectivity index (χ4n) is 3.75. The topological polar surface area (TPSA) is 34.4 Å². The monoisotopic (exact) mass is 394 g/mol. The van der Waals surface area contributed by atoms with Crippen molar-refractivity contribution >= 4 is 49.0 Å². The second-order valence-electron chi connectivity index (χ2n) is 6.86. The van der Waals surface area contributed by atoms with Gasteiger partial charge in [0.15, 0.2) is 4.80 Å². The maximum atomic E-state index is 13.1. The molecule has 0 radical (unpaired) electrons. The Bertz CT molecular complexity index is 1470. The minimum atomic E-state index is -0.226. The van der Waals surface area contributed by atoms with Crippen LogP contribution in [0.4, 0.5) is 0 Å². The van der Waals surface area contributed by atoms with Crippen LogP contribution in [0.25, 0.3) is 31.8 Å². The SMILES string of the molecule is C=CCn1c(=NC(=O)c2cccc3ccccc23)sc2c3ccccc3ccc21. The van der Waals surface area contributed by atoms with Crippen molar-refractivity contribution in [3.8, 4) is 0 Å². The van der Waals surface area contributed by atoms with Gasteiger partial charge in [0, 0.05) is 17.5 Å². The summed E-state index contributed by atoms with van der Waals surface area (Å²) in [4.78, 5) is 18.4. The van der Waals surface area contributed by atoms with E-state index in [4.69, 9.17) is 0 Å². The fraction of sp³-hybridized carbons (Fsp3) is 0.0400. The second kappa shape index (κ2) is 7.15. The number of hydrogen-bond donors (Lipinski definition) is 0. The molecule has 0 unspecified atom stereocenters. The minimum Gasteiger partial charge on any atom is -0.312 e. The van der Waals surface area contributed by atoms with Gasteiger partial charge in [-0.15, -0.1) is 6.58 Å². The van der Waals surface area contributed by atoms with Crippen LogP contribution < -0.4 is 4.80 Å². The van der Waals surface area contributed by atoms with Crippen LogP contribution in [0.2, 0.25) is 0 Å². The Balaban J connectivity index is 1.76. The Morgan fingerprint density at radius 3 is 2.38 bits per heavy atom. The number of benzene rings is 4. The van der Waals surface area contributed by atoms with Gasteiger partial charge in [-0.05, 0) is 28.3 Å². The van der Waals surface area contributed by atoms with Gasteiger partial charge in [-0.2, -0.15) is 4.99 Å². The smallest absolute Gasteiger partial charge is 0.280 e. The molecule has 0 atom stereocenters. The first kappa shape index (κ1) is 17.6. The molecule has 0 bridgehead atoms. The maximum Gasteiger partial charge on any atom is 0.280 e. The van der Waals surface area contributed by atoms with E-state index in [0.29, 0.717) is 16.9 Å². The van der Waals surface area contributed by atoms with Gasteiger partial charge in [0.25, 0.3) is 5.91 Å². The standard InChI is InChI=1S/C25H18N2OS/c1-2-16-27-22-15-14-18-9-4-6-12-20(18)23(22)29-25(27)26-24(28)21-13-7-10-17-8-3-5-11-19(17)21/h2-15H,1,16H2. The van der Waals surface area contributed by atoms with Crippen LogP contribution in [0.15, 0.2) is 96.5 Å². The summed E-state index contributed by atoms with van der Waals surface area (Å²) in [6.07, 6.45) is 1.84. The lowest BCUT2D eigenvalue weighted by Crippen LogP contribution is -2.16. The molecule has 0 fully saturated rings. The van der Waals surface area contributed by atoms with Crippen LogP contribution in [-0.2, 0) is 6.54 Å². The van der Waals surface area contributed by atoms with Gasteiger partial charge in [-0.25, -0.2) is 0 Å². The third-order valence-corrected chi connectivity index (χ3v) is 6.23. The van der Waals surface area contributed by atoms with Gasteiger partial charge in [0.2, 0.25) is 0 Å². The van der Waals surface area contributed by atoms with Crippen molar-refractivity contribution in [3.05, 3.63) is 102 Å². The van der Waals surface area contributed by atoms with E-state index in [1.165, 1.54) is 10.8 Å². The number of amides is 1. The van der Waals surface area contributed by atoms with Crippen molar-refractivity contribution in [2.75, 3.05) is 0 Å². The number of rotatable bonds is 3. The largest absolute Gasteiger partial charge is 0.312 e. The highest BCUT2D eigenvalue weighted by molar-refractivity contribution is 7.17. The van der Waals surface area contributed by atoms with E-state index in [1.54, 1.807) is 11.3 Å². The van der Waals surface area contributed by atoms with Gasteiger partial charge in [-0.1, -0.05) is 84.1 Å². The van der Waals surface area contributed by atoms with E-state index in [2.05, 4.69) is 40.4 Å². The normalized spacial score (nSPS) is 12.1. The Hall–Kier alpha value is -3.50. The van der Waals surface area contributed by atoms with Crippen molar-refractivity contribution in [1.82, 2.24) is 4.57 Å². The third kappa shape index (κ3) is 2.98. The number of aromatic nitrogens is 1. The van der Waals surface area contributed by atoms with Crippen molar-refractivity contribution in [2.45, 2.75) is 6.54 Å². The van der Waals surface area contributed by atoms with Gasteiger partial charge in [0.05, 0.1) is 10.2 Å².